The van der Waals surface area contributed by atoms with Crippen LogP contribution >= 0.6 is 0 Å². The van der Waals surface area contributed by atoms with Gasteiger partial charge in [0.2, 0.25) is 0 Å². The molecule has 2 heteroatoms. The first-order chi connectivity index (χ1) is 11.9. The van der Waals surface area contributed by atoms with Crippen molar-refractivity contribution < 1.29 is 9.59 Å². The van der Waals surface area contributed by atoms with Crippen molar-refractivity contribution in [2.45, 2.75) is 20.8 Å². The number of aryl methyl sites for hydroxylation is 1. The van der Waals surface area contributed by atoms with Crippen molar-refractivity contribution in [3.8, 4) is 0 Å². The van der Waals surface area contributed by atoms with Gasteiger partial charge in [0, 0.05) is 16.7 Å². The van der Waals surface area contributed by atoms with E-state index < -0.39 is 0 Å². The summed E-state index contributed by atoms with van der Waals surface area (Å²) in [5.74, 6) is -0.0988. The minimum absolute atomic E-state index is 0.0456. The molecule has 0 aliphatic heterocycles. The molecule has 0 N–H and O–H groups in total. The third-order valence-corrected chi connectivity index (χ3v) is 4.00. The summed E-state index contributed by atoms with van der Waals surface area (Å²) in [6.45, 7) is 9.37. The van der Waals surface area contributed by atoms with Crippen LogP contribution in [0.2, 0.25) is 0 Å². The van der Waals surface area contributed by atoms with Gasteiger partial charge in [0.1, 0.15) is 0 Å². The molecular weight excluding hydrogens is 308 g/mol. The first kappa shape index (κ1) is 18.3. The van der Waals surface area contributed by atoms with Crippen molar-refractivity contribution in [2.24, 2.45) is 0 Å². The van der Waals surface area contributed by atoms with E-state index in [4.69, 9.17) is 0 Å². The molecule has 0 heterocycles. The third kappa shape index (κ3) is 4.74. The number of carbonyl (C=O) groups excluding carboxylic acids is 2. The molecule has 0 aliphatic carbocycles. The minimum atomic E-state index is -0.0533. The molecule has 0 bridgehead atoms. The molecule has 0 saturated heterocycles. The van der Waals surface area contributed by atoms with Crippen LogP contribution in [-0.2, 0) is 0 Å². The molecule has 0 radical (unpaired) electrons. The van der Waals surface area contributed by atoms with Gasteiger partial charge in [-0.2, -0.15) is 0 Å². The summed E-state index contributed by atoms with van der Waals surface area (Å²) in [5.41, 5.74) is 4.53. The Morgan fingerprint density at radius 3 is 1.80 bits per heavy atom. The Hall–Kier alpha value is -3.00. The quantitative estimate of drug-likeness (QED) is 0.399. The van der Waals surface area contributed by atoms with E-state index in [2.05, 4.69) is 6.58 Å². The second-order valence-electron chi connectivity index (χ2n) is 6.07. The van der Waals surface area contributed by atoms with Gasteiger partial charge in [-0.05, 0) is 26.3 Å². The molecule has 0 fully saturated rings. The van der Waals surface area contributed by atoms with E-state index in [0.717, 1.165) is 11.1 Å². The van der Waals surface area contributed by atoms with E-state index in [1.165, 1.54) is 0 Å². The monoisotopic (exact) mass is 330 g/mol. The Morgan fingerprint density at radius 2 is 1.28 bits per heavy atom. The molecule has 25 heavy (non-hydrogen) atoms. The van der Waals surface area contributed by atoms with Crippen molar-refractivity contribution >= 4 is 11.6 Å². The zero-order chi connectivity index (χ0) is 18.4. The molecule has 126 valence electrons. The average Bonchev–Trinajstić information content (AvgIpc) is 2.65. The van der Waals surface area contributed by atoms with Crippen molar-refractivity contribution in [3.05, 3.63) is 107 Å². The molecule has 0 saturated carbocycles. The number of rotatable bonds is 6. The Labute approximate surface area is 149 Å². The Bertz CT molecular complexity index is 848. The SMILES string of the molecule is C=C/C(C)=C\C=C(/C)C(=O)c1ccc(C(=O)c2ccc(C)cc2)cc1. The van der Waals surface area contributed by atoms with E-state index in [1.54, 1.807) is 43.3 Å². The van der Waals surface area contributed by atoms with Crippen molar-refractivity contribution in [2.75, 3.05) is 0 Å². The lowest BCUT2D eigenvalue weighted by atomic mass is 9.98. The summed E-state index contributed by atoms with van der Waals surface area (Å²) in [6.07, 6.45) is 5.37. The Balaban J connectivity index is 2.19. The van der Waals surface area contributed by atoms with E-state index >= 15 is 0 Å². The fourth-order valence-electron chi connectivity index (χ4n) is 2.27. The van der Waals surface area contributed by atoms with Crippen LogP contribution in [0.4, 0.5) is 0 Å². The molecule has 2 rings (SSSR count). The summed E-state index contributed by atoms with van der Waals surface area (Å²) < 4.78 is 0. The molecule has 0 aliphatic rings. The van der Waals surface area contributed by atoms with E-state index in [9.17, 15) is 9.59 Å². The number of benzene rings is 2. The van der Waals surface area contributed by atoms with Crippen LogP contribution in [0, 0.1) is 6.92 Å². The van der Waals surface area contributed by atoms with Crippen LogP contribution in [-0.4, -0.2) is 11.6 Å². The predicted molar refractivity (Wildman–Crippen MR) is 103 cm³/mol. The summed E-state index contributed by atoms with van der Waals surface area (Å²) >= 11 is 0. The fourth-order valence-corrected chi connectivity index (χ4v) is 2.27. The lowest BCUT2D eigenvalue weighted by Gasteiger charge is -2.04. The Morgan fingerprint density at radius 1 is 0.800 bits per heavy atom. The van der Waals surface area contributed by atoms with Gasteiger partial charge in [0.15, 0.2) is 11.6 Å². The highest BCUT2D eigenvalue weighted by Crippen LogP contribution is 2.14. The minimum Gasteiger partial charge on any atom is -0.289 e. The molecule has 0 amide bonds. The molecule has 0 atom stereocenters. The Kier molecular flexibility index (Phi) is 6.02. The van der Waals surface area contributed by atoms with Crippen molar-refractivity contribution in [1.29, 1.82) is 0 Å². The highest BCUT2D eigenvalue weighted by molar-refractivity contribution is 6.11. The van der Waals surface area contributed by atoms with Gasteiger partial charge in [0.25, 0.3) is 0 Å². The van der Waals surface area contributed by atoms with Crippen LogP contribution in [0.25, 0.3) is 0 Å². The maximum atomic E-state index is 12.5. The highest BCUT2D eigenvalue weighted by atomic mass is 16.1. The van der Waals surface area contributed by atoms with Gasteiger partial charge in [-0.15, -0.1) is 0 Å². The predicted octanol–water partition coefficient (Wildman–Crippen LogP) is 5.49. The number of hydrogen-bond acceptors (Lipinski definition) is 2. The average molecular weight is 330 g/mol. The summed E-state index contributed by atoms with van der Waals surface area (Å²) in [7, 11) is 0. The van der Waals surface area contributed by atoms with Gasteiger partial charge < -0.3 is 0 Å². The van der Waals surface area contributed by atoms with Gasteiger partial charge in [-0.25, -0.2) is 0 Å². The van der Waals surface area contributed by atoms with Gasteiger partial charge in [0.05, 0.1) is 0 Å². The first-order valence-electron chi connectivity index (χ1n) is 8.16. The summed E-state index contributed by atoms with van der Waals surface area (Å²) in [5, 5.41) is 0. The lowest BCUT2D eigenvalue weighted by Crippen LogP contribution is -2.04. The van der Waals surface area contributed by atoms with Crippen LogP contribution in [0.5, 0.6) is 0 Å². The highest BCUT2D eigenvalue weighted by Gasteiger charge is 2.11. The number of allylic oxidation sites excluding steroid dienone is 5. The lowest BCUT2D eigenvalue weighted by molar-refractivity contribution is 0.102. The maximum Gasteiger partial charge on any atom is 0.193 e. The number of Topliss-reactive ketones (excluding diaryl/α,β-unsaturated/α-hetero) is 1. The molecule has 2 nitrogen and oxygen atoms in total. The first-order valence-corrected chi connectivity index (χ1v) is 8.16. The molecule has 0 aromatic heterocycles. The largest absolute Gasteiger partial charge is 0.289 e. The zero-order valence-corrected chi connectivity index (χ0v) is 14.9. The van der Waals surface area contributed by atoms with Crippen LogP contribution in [0.15, 0.2) is 84.5 Å². The number of ketones is 2. The van der Waals surface area contributed by atoms with Crippen molar-refractivity contribution in [3.63, 3.8) is 0 Å². The standard InChI is InChI=1S/C23H22O2/c1-5-16(2)6-9-18(4)22(24)19-12-14-21(15-13-19)23(25)20-10-7-17(3)8-11-20/h5-15H,1H2,2-4H3/b16-6-,18-9+. The zero-order valence-electron chi connectivity index (χ0n) is 14.9. The summed E-state index contributed by atoms with van der Waals surface area (Å²) in [6, 6.07) is 14.3. The third-order valence-electron chi connectivity index (χ3n) is 4.00. The van der Waals surface area contributed by atoms with E-state index in [-0.39, 0.29) is 11.6 Å². The van der Waals surface area contributed by atoms with E-state index in [0.29, 0.717) is 22.3 Å². The second-order valence-corrected chi connectivity index (χ2v) is 6.07. The fraction of sp³-hybridized carbons (Fsp3) is 0.130. The van der Waals surface area contributed by atoms with Crippen LogP contribution in [0.1, 0.15) is 45.7 Å². The normalized spacial score (nSPS) is 12.0. The van der Waals surface area contributed by atoms with Crippen LogP contribution in [0.3, 0.4) is 0 Å². The second kappa shape index (κ2) is 8.20. The number of carbonyl (C=O) groups is 2. The molecule has 0 spiro atoms. The summed E-state index contributed by atoms with van der Waals surface area (Å²) in [4.78, 5) is 24.9. The van der Waals surface area contributed by atoms with Crippen molar-refractivity contribution in [1.82, 2.24) is 0 Å². The topological polar surface area (TPSA) is 34.1 Å². The molecule has 2 aromatic carbocycles. The van der Waals surface area contributed by atoms with Gasteiger partial charge >= 0.3 is 0 Å². The smallest absolute Gasteiger partial charge is 0.193 e. The molecule has 2 aromatic rings. The maximum absolute atomic E-state index is 12.5. The number of hydrogen-bond donors (Lipinski definition) is 0. The van der Waals surface area contributed by atoms with E-state index in [1.807, 2.05) is 44.2 Å². The molecule has 0 unspecified atom stereocenters. The van der Waals surface area contributed by atoms with Crippen LogP contribution < -0.4 is 0 Å². The molecular formula is C23H22O2. The van der Waals surface area contributed by atoms with Gasteiger partial charge in [-0.1, -0.05) is 84.5 Å². The van der Waals surface area contributed by atoms with Gasteiger partial charge in [-0.3, -0.25) is 9.59 Å².